The molecule has 1 aliphatic carbocycles. The van der Waals surface area contributed by atoms with E-state index in [1.54, 1.807) is 13.2 Å². The van der Waals surface area contributed by atoms with Gasteiger partial charge in [0.25, 0.3) is 0 Å². The van der Waals surface area contributed by atoms with E-state index in [2.05, 4.69) is 31.9 Å². The van der Waals surface area contributed by atoms with E-state index in [1.165, 1.54) is 0 Å². The van der Waals surface area contributed by atoms with E-state index in [9.17, 15) is 9.59 Å². The van der Waals surface area contributed by atoms with Gasteiger partial charge in [0.05, 0.1) is 23.2 Å². The van der Waals surface area contributed by atoms with Crippen LogP contribution in [-0.4, -0.2) is 29.0 Å². The third-order valence-corrected chi connectivity index (χ3v) is 7.62. The Morgan fingerprint density at radius 3 is 2.80 bits per heavy atom. The number of Topliss-reactive ketones (excluding diaryl/α,β-unsaturated/α-hetero) is 1. The van der Waals surface area contributed by atoms with Gasteiger partial charge in [-0.25, -0.2) is 4.79 Å². The number of benzene rings is 1. The summed E-state index contributed by atoms with van der Waals surface area (Å²) in [6.07, 6.45) is 0.352. The molecule has 0 N–H and O–H groups in total. The summed E-state index contributed by atoms with van der Waals surface area (Å²) >= 11 is 7.10. The highest BCUT2D eigenvalue weighted by atomic mass is 79.9. The molecule has 1 aromatic heterocycles. The predicted molar refractivity (Wildman–Crippen MR) is 95.4 cm³/mol. The summed E-state index contributed by atoms with van der Waals surface area (Å²) in [6, 6.07) is 1.78. The van der Waals surface area contributed by atoms with Crippen LogP contribution in [0, 0.1) is 0 Å². The van der Waals surface area contributed by atoms with E-state index in [-0.39, 0.29) is 27.1 Å². The Morgan fingerprint density at radius 1 is 1.24 bits per heavy atom. The quantitative estimate of drug-likeness (QED) is 0.469. The van der Waals surface area contributed by atoms with E-state index in [0.717, 1.165) is 5.56 Å². The fourth-order valence-electron chi connectivity index (χ4n) is 4.00. The zero-order valence-corrected chi connectivity index (χ0v) is 16.2. The molecule has 8 heteroatoms. The third kappa shape index (κ3) is 1.98. The fraction of sp³-hybridized carbons (Fsp3) is 0.412. The summed E-state index contributed by atoms with van der Waals surface area (Å²) in [7, 11) is 1.55. The highest BCUT2D eigenvalue weighted by Crippen LogP contribution is 2.54. The number of rotatable bonds is 1. The van der Waals surface area contributed by atoms with Gasteiger partial charge < -0.3 is 18.6 Å². The molecular weight excluding hydrogens is 460 g/mol. The number of methoxy groups -OCH3 is 1. The highest BCUT2D eigenvalue weighted by Gasteiger charge is 2.51. The average Bonchev–Trinajstić information content (AvgIpc) is 3.21. The Balaban J connectivity index is 1.88. The molecule has 3 heterocycles. The number of carbonyl (C=O) groups is 1. The Labute approximate surface area is 158 Å². The first-order chi connectivity index (χ1) is 12.0. The molecule has 4 unspecified atom stereocenters. The molecule has 3 aliphatic rings. The molecule has 0 bridgehead atoms. The summed E-state index contributed by atoms with van der Waals surface area (Å²) in [5.74, 6) is 0.803. The number of halogens is 2. The van der Waals surface area contributed by atoms with Crippen LogP contribution in [0.1, 0.15) is 33.8 Å². The van der Waals surface area contributed by atoms with Crippen molar-refractivity contribution in [3.05, 3.63) is 33.2 Å². The van der Waals surface area contributed by atoms with Crippen molar-refractivity contribution in [3.63, 3.8) is 0 Å². The van der Waals surface area contributed by atoms with Gasteiger partial charge in [-0.15, -0.1) is 0 Å². The zero-order chi connectivity index (χ0) is 17.5. The van der Waals surface area contributed by atoms with Crippen LogP contribution >= 0.6 is 31.9 Å². The van der Waals surface area contributed by atoms with E-state index in [0.29, 0.717) is 40.9 Å². The lowest BCUT2D eigenvalue weighted by Gasteiger charge is -2.15. The Bertz CT molecular complexity index is 997. The van der Waals surface area contributed by atoms with Gasteiger partial charge in [-0.05, 0) is 12.0 Å². The second kappa shape index (κ2) is 5.31. The van der Waals surface area contributed by atoms with Crippen molar-refractivity contribution in [2.45, 2.75) is 34.9 Å². The minimum atomic E-state index is -0.593. The highest BCUT2D eigenvalue weighted by molar-refractivity contribution is 9.12. The molecule has 0 saturated carbocycles. The Hall–Kier alpha value is -1.38. The largest absolute Gasteiger partial charge is 0.496 e. The van der Waals surface area contributed by atoms with Crippen molar-refractivity contribution in [1.29, 1.82) is 0 Å². The van der Waals surface area contributed by atoms with E-state index < -0.39 is 11.9 Å². The molecule has 5 rings (SSSR count). The molecule has 25 heavy (non-hydrogen) atoms. The SMILES string of the molecule is COc1cc2c(c3oc(=O)c4c(c13)CCC4=O)C1C(O2)OC(Br)C1Br. The molecule has 0 spiro atoms. The van der Waals surface area contributed by atoms with E-state index in [4.69, 9.17) is 18.6 Å². The van der Waals surface area contributed by atoms with Crippen LogP contribution in [0.15, 0.2) is 15.3 Å². The molecule has 0 radical (unpaired) electrons. The van der Waals surface area contributed by atoms with Gasteiger partial charge in [0.1, 0.15) is 27.7 Å². The van der Waals surface area contributed by atoms with Crippen LogP contribution in [0.4, 0.5) is 0 Å². The minimum Gasteiger partial charge on any atom is -0.496 e. The average molecular weight is 472 g/mol. The summed E-state index contributed by atoms with van der Waals surface area (Å²) in [6.45, 7) is 0. The summed E-state index contributed by atoms with van der Waals surface area (Å²) in [4.78, 5) is 24.5. The molecular formula is C17H12Br2O6. The van der Waals surface area contributed by atoms with Crippen molar-refractivity contribution in [1.82, 2.24) is 0 Å². The second-order valence-corrected chi connectivity index (χ2v) is 8.26. The summed E-state index contributed by atoms with van der Waals surface area (Å²) < 4.78 is 22.8. The number of carbonyl (C=O) groups excluding carboxylic acids is 1. The van der Waals surface area contributed by atoms with Crippen molar-refractivity contribution in [2.75, 3.05) is 7.11 Å². The summed E-state index contributed by atoms with van der Waals surface area (Å²) in [5, 5.41) is 0.471. The predicted octanol–water partition coefficient (Wildman–Crippen LogP) is 3.25. The minimum absolute atomic E-state index is 0.0458. The van der Waals surface area contributed by atoms with Crippen LogP contribution in [-0.2, 0) is 11.2 Å². The zero-order valence-electron chi connectivity index (χ0n) is 13.0. The van der Waals surface area contributed by atoms with Crippen LogP contribution < -0.4 is 15.1 Å². The van der Waals surface area contributed by atoms with Crippen molar-refractivity contribution in [2.24, 2.45) is 0 Å². The molecule has 6 nitrogen and oxygen atoms in total. The first-order valence-corrected chi connectivity index (χ1v) is 9.68. The van der Waals surface area contributed by atoms with Gasteiger partial charge >= 0.3 is 5.63 Å². The number of aryl methyl sites for hydroxylation is 1. The Morgan fingerprint density at radius 2 is 2.04 bits per heavy atom. The lowest BCUT2D eigenvalue weighted by molar-refractivity contribution is -0.0416. The van der Waals surface area contributed by atoms with Gasteiger partial charge in [0.15, 0.2) is 5.78 Å². The van der Waals surface area contributed by atoms with Gasteiger partial charge in [-0.1, -0.05) is 31.9 Å². The van der Waals surface area contributed by atoms with Crippen LogP contribution in [0.3, 0.4) is 0 Å². The van der Waals surface area contributed by atoms with Gasteiger partial charge in [-0.3, -0.25) is 4.79 Å². The van der Waals surface area contributed by atoms with Crippen molar-refractivity contribution < 1.29 is 23.4 Å². The number of fused-ring (bicyclic) bond motifs is 7. The molecule has 0 amide bonds. The monoisotopic (exact) mass is 470 g/mol. The Kier molecular flexibility index (Phi) is 3.37. The first-order valence-electron chi connectivity index (χ1n) is 7.85. The van der Waals surface area contributed by atoms with E-state index >= 15 is 0 Å². The van der Waals surface area contributed by atoms with Crippen LogP contribution in [0.5, 0.6) is 11.5 Å². The maximum Gasteiger partial charge on any atom is 0.347 e. The number of ether oxygens (including phenoxy) is 3. The molecule has 1 fully saturated rings. The first kappa shape index (κ1) is 15.8. The molecule has 1 aromatic carbocycles. The fourth-order valence-corrected chi connectivity index (χ4v) is 5.18. The molecule has 130 valence electrons. The van der Waals surface area contributed by atoms with Gasteiger partial charge in [0, 0.05) is 18.1 Å². The molecule has 2 aliphatic heterocycles. The van der Waals surface area contributed by atoms with Gasteiger partial charge in [-0.2, -0.15) is 0 Å². The molecule has 2 aromatic rings. The maximum atomic E-state index is 12.5. The van der Waals surface area contributed by atoms with Crippen LogP contribution in [0.25, 0.3) is 11.0 Å². The van der Waals surface area contributed by atoms with Crippen molar-refractivity contribution in [3.8, 4) is 11.5 Å². The second-order valence-electron chi connectivity index (χ2n) is 6.30. The number of alkyl halides is 2. The number of ketones is 1. The smallest absolute Gasteiger partial charge is 0.347 e. The number of hydrogen-bond acceptors (Lipinski definition) is 6. The maximum absolute atomic E-state index is 12.5. The third-order valence-electron chi connectivity index (χ3n) is 5.08. The lowest BCUT2D eigenvalue weighted by atomic mass is 9.94. The molecule has 4 atom stereocenters. The normalized spacial score (nSPS) is 29.5. The lowest BCUT2D eigenvalue weighted by Crippen LogP contribution is -2.17. The van der Waals surface area contributed by atoms with Gasteiger partial charge in [0.2, 0.25) is 6.29 Å². The van der Waals surface area contributed by atoms with Crippen LogP contribution in [0.2, 0.25) is 0 Å². The topological polar surface area (TPSA) is 75.0 Å². The number of hydrogen-bond donors (Lipinski definition) is 0. The van der Waals surface area contributed by atoms with E-state index in [1.807, 2.05) is 0 Å². The molecule has 1 saturated heterocycles. The van der Waals surface area contributed by atoms with Crippen molar-refractivity contribution >= 4 is 48.6 Å². The standard InChI is InChI=1S/C17H12Br2O6/c1-22-7-4-8-11(12-13(18)15(19)25-17(12)23-8)14-10(7)5-2-3-6(20)9(5)16(21)24-14/h4,12-13,15,17H,2-3H2,1H3. The summed E-state index contributed by atoms with van der Waals surface area (Å²) in [5.41, 5.74) is 1.47.